The lowest BCUT2D eigenvalue weighted by Gasteiger charge is -2.11. The molecule has 3 N–H and O–H groups in total. The molecule has 1 aromatic rings. The van der Waals surface area contributed by atoms with Crippen LogP contribution in [0.25, 0.3) is 0 Å². The highest BCUT2D eigenvalue weighted by Gasteiger charge is 2.09. The second-order valence-corrected chi connectivity index (χ2v) is 5.29. The summed E-state index contributed by atoms with van der Waals surface area (Å²) in [5.41, 5.74) is 6.05. The monoisotopic (exact) mass is 282 g/mol. The van der Waals surface area contributed by atoms with Crippen LogP contribution in [0.4, 0.5) is 4.39 Å². The highest BCUT2D eigenvalue weighted by atomic mass is 19.1. The van der Waals surface area contributed by atoms with Crippen molar-refractivity contribution in [3.8, 4) is 5.75 Å². The van der Waals surface area contributed by atoms with Crippen LogP contribution >= 0.6 is 0 Å². The molecule has 0 bridgehead atoms. The Morgan fingerprint density at radius 1 is 1.40 bits per heavy atom. The molecule has 0 radical (unpaired) electrons. The maximum absolute atomic E-state index is 13.7. The van der Waals surface area contributed by atoms with Gasteiger partial charge in [0.15, 0.2) is 6.61 Å². The van der Waals surface area contributed by atoms with Crippen molar-refractivity contribution in [3.05, 3.63) is 29.6 Å². The number of nitrogens with one attached hydrogen (secondary N) is 1. The summed E-state index contributed by atoms with van der Waals surface area (Å²) in [4.78, 5) is 11.5. The molecule has 0 aliphatic carbocycles. The van der Waals surface area contributed by atoms with Crippen LogP contribution in [0, 0.1) is 11.7 Å². The molecule has 0 aliphatic rings. The van der Waals surface area contributed by atoms with E-state index in [1.54, 1.807) is 19.1 Å². The summed E-state index contributed by atoms with van der Waals surface area (Å²) >= 11 is 0. The third-order valence-electron chi connectivity index (χ3n) is 2.88. The van der Waals surface area contributed by atoms with E-state index in [1.807, 2.05) is 0 Å². The quantitative estimate of drug-likeness (QED) is 0.807. The third-order valence-corrected chi connectivity index (χ3v) is 2.88. The molecule has 0 heterocycles. The van der Waals surface area contributed by atoms with Crippen LogP contribution in [0.2, 0.25) is 0 Å². The molecule has 4 nitrogen and oxygen atoms in total. The number of benzene rings is 1. The van der Waals surface area contributed by atoms with Crippen LogP contribution < -0.4 is 15.8 Å². The van der Waals surface area contributed by atoms with Gasteiger partial charge in [0, 0.05) is 24.2 Å². The number of hydrogen-bond acceptors (Lipinski definition) is 3. The van der Waals surface area contributed by atoms with Crippen LogP contribution in [-0.2, 0) is 4.79 Å². The van der Waals surface area contributed by atoms with Crippen LogP contribution in [-0.4, -0.2) is 19.1 Å². The van der Waals surface area contributed by atoms with E-state index in [1.165, 1.54) is 6.07 Å². The molecule has 5 heteroatoms. The van der Waals surface area contributed by atoms with Crippen LogP contribution in [0.5, 0.6) is 5.75 Å². The van der Waals surface area contributed by atoms with Gasteiger partial charge in [0.2, 0.25) is 0 Å². The molecule has 1 atom stereocenters. The van der Waals surface area contributed by atoms with E-state index in [0.717, 1.165) is 6.42 Å². The van der Waals surface area contributed by atoms with Crippen molar-refractivity contribution in [2.24, 2.45) is 11.7 Å². The first-order valence-corrected chi connectivity index (χ1v) is 6.84. The van der Waals surface area contributed by atoms with E-state index < -0.39 is 5.82 Å². The average molecular weight is 282 g/mol. The van der Waals surface area contributed by atoms with Crippen molar-refractivity contribution in [1.29, 1.82) is 0 Å². The van der Waals surface area contributed by atoms with Crippen molar-refractivity contribution in [1.82, 2.24) is 5.32 Å². The molecule has 0 fully saturated rings. The Morgan fingerprint density at radius 2 is 2.10 bits per heavy atom. The van der Waals surface area contributed by atoms with Crippen molar-refractivity contribution < 1.29 is 13.9 Å². The molecular formula is C15H23FN2O2. The summed E-state index contributed by atoms with van der Waals surface area (Å²) in [6, 6.07) is 4.07. The number of amides is 1. The zero-order valence-electron chi connectivity index (χ0n) is 12.3. The molecule has 0 saturated carbocycles. The fraction of sp³-hybridized carbons (Fsp3) is 0.533. The summed E-state index contributed by atoms with van der Waals surface area (Å²) in [5.74, 6) is 0.238. The standard InChI is InChI=1S/C15H23FN2O2/c1-10(2)6-7-18-15(19)9-20-12-4-5-13(11(3)17)14(16)8-12/h4-5,8,10-11H,6-7,9,17H2,1-3H3,(H,18,19)/t11-/m1/s1. The minimum absolute atomic E-state index is 0.116. The lowest BCUT2D eigenvalue weighted by atomic mass is 10.1. The minimum Gasteiger partial charge on any atom is -0.484 e. The molecule has 1 aromatic carbocycles. The van der Waals surface area contributed by atoms with Gasteiger partial charge in [-0.1, -0.05) is 19.9 Å². The number of rotatable bonds is 7. The summed E-state index contributed by atoms with van der Waals surface area (Å²) in [5, 5.41) is 2.75. The van der Waals surface area contributed by atoms with Crippen molar-refractivity contribution in [3.63, 3.8) is 0 Å². The number of hydrogen-bond donors (Lipinski definition) is 2. The van der Waals surface area contributed by atoms with Gasteiger partial charge in [-0.2, -0.15) is 0 Å². The predicted molar refractivity (Wildman–Crippen MR) is 77.0 cm³/mol. The number of carbonyl (C=O) groups excluding carboxylic acids is 1. The molecule has 20 heavy (non-hydrogen) atoms. The summed E-state index contributed by atoms with van der Waals surface area (Å²) in [6.45, 7) is 6.39. The number of ether oxygens (including phenoxy) is 1. The van der Waals surface area contributed by atoms with Gasteiger partial charge in [0.05, 0.1) is 0 Å². The van der Waals surface area contributed by atoms with E-state index in [4.69, 9.17) is 10.5 Å². The minimum atomic E-state index is -0.419. The Hall–Kier alpha value is -1.62. The first-order chi connectivity index (χ1) is 9.40. The summed E-state index contributed by atoms with van der Waals surface area (Å²) in [7, 11) is 0. The van der Waals surface area contributed by atoms with Gasteiger partial charge in [-0.3, -0.25) is 4.79 Å². The fourth-order valence-electron chi connectivity index (χ4n) is 1.67. The van der Waals surface area contributed by atoms with Crippen molar-refractivity contribution >= 4 is 5.91 Å². The van der Waals surface area contributed by atoms with E-state index in [9.17, 15) is 9.18 Å². The largest absolute Gasteiger partial charge is 0.484 e. The summed E-state index contributed by atoms with van der Waals surface area (Å²) in [6.07, 6.45) is 0.920. The Balaban J connectivity index is 2.42. The van der Waals surface area contributed by atoms with E-state index in [2.05, 4.69) is 19.2 Å². The molecule has 112 valence electrons. The molecular weight excluding hydrogens is 259 g/mol. The highest BCUT2D eigenvalue weighted by molar-refractivity contribution is 5.77. The topological polar surface area (TPSA) is 64.3 Å². The smallest absolute Gasteiger partial charge is 0.257 e. The lowest BCUT2D eigenvalue weighted by Crippen LogP contribution is -2.30. The van der Waals surface area contributed by atoms with Gasteiger partial charge in [0.1, 0.15) is 11.6 Å². The normalized spacial score (nSPS) is 12.3. The predicted octanol–water partition coefficient (Wildman–Crippen LogP) is 2.39. The van der Waals surface area contributed by atoms with Gasteiger partial charge < -0.3 is 15.8 Å². The summed E-state index contributed by atoms with van der Waals surface area (Å²) < 4.78 is 18.9. The number of halogens is 1. The molecule has 0 spiro atoms. The Morgan fingerprint density at radius 3 is 2.65 bits per heavy atom. The van der Waals surface area contributed by atoms with E-state index in [-0.39, 0.29) is 18.6 Å². The average Bonchev–Trinajstić information content (AvgIpc) is 2.35. The lowest BCUT2D eigenvalue weighted by molar-refractivity contribution is -0.123. The molecule has 0 aromatic heterocycles. The molecule has 0 unspecified atom stereocenters. The third kappa shape index (κ3) is 5.57. The van der Waals surface area contributed by atoms with Gasteiger partial charge in [-0.05, 0) is 25.3 Å². The zero-order chi connectivity index (χ0) is 15.1. The maximum Gasteiger partial charge on any atom is 0.257 e. The van der Waals surface area contributed by atoms with Gasteiger partial charge >= 0.3 is 0 Å². The van der Waals surface area contributed by atoms with Crippen LogP contribution in [0.15, 0.2) is 18.2 Å². The first kappa shape index (κ1) is 16.4. The SMILES string of the molecule is CC(C)CCNC(=O)COc1ccc([C@@H](C)N)c(F)c1. The zero-order valence-corrected chi connectivity index (χ0v) is 12.3. The molecule has 1 amide bonds. The van der Waals surface area contributed by atoms with E-state index in [0.29, 0.717) is 23.8 Å². The molecule has 0 aliphatic heterocycles. The van der Waals surface area contributed by atoms with Crippen molar-refractivity contribution in [2.45, 2.75) is 33.2 Å². The number of nitrogens with two attached hydrogens (primary N) is 1. The van der Waals surface area contributed by atoms with E-state index >= 15 is 0 Å². The molecule has 0 saturated heterocycles. The van der Waals surface area contributed by atoms with Crippen molar-refractivity contribution in [2.75, 3.05) is 13.2 Å². The fourth-order valence-corrected chi connectivity index (χ4v) is 1.67. The molecule has 1 rings (SSSR count). The Labute approximate surface area is 119 Å². The van der Waals surface area contributed by atoms with Gasteiger partial charge in [-0.15, -0.1) is 0 Å². The Bertz CT molecular complexity index is 447. The first-order valence-electron chi connectivity index (χ1n) is 6.84. The van der Waals surface area contributed by atoms with Crippen LogP contribution in [0.1, 0.15) is 38.8 Å². The van der Waals surface area contributed by atoms with Gasteiger partial charge in [-0.25, -0.2) is 4.39 Å². The maximum atomic E-state index is 13.7. The second-order valence-electron chi connectivity index (χ2n) is 5.29. The van der Waals surface area contributed by atoms with Gasteiger partial charge in [0.25, 0.3) is 5.91 Å². The second kappa shape index (κ2) is 7.85. The Kier molecular flexibility index (Phi) is 6.45. The van der Waals surface area contributed by atoms with Crippen LogP contribution in [0.3, 0.4) is 0 Å². The highest BCUT2D eigenvalue weighted by Crippen LogP contribution is 2.20. The number of carbonyl (C=O) groups is 1.